The Bertz CT molecular complexity index is 1610. The number of esters is 2. The van der Waals surface area contributed by atoms with Crippen molar-refractivity contribution in [3.63, 3.8) is 0 Å². The minimum atomic E-state index is -4.12. The SMILES string of the molecule is CO[C@H]1[C@@H](O[Si](C)(C)C(C)(C)C)[C@@H](C/C=C/P(=O)(OCOC(=O)C(C)(C)C)OCOC(=O)C(C)(C)C)O[C@H]1n1cnc2c(N=CN(C)C)ncnc21. The number of carbonyl (C=O) groups excluding carboxylic acids is 2. The van der Waals surface area contributed by atoms with Gasteiger partial charge in [-0.25, -0.2) is 19.9 Å². The second kappa shape index (κ2) is 17.0. The van der Waals surface area contributed by atoms with Crippen molar-refractivity contribution in [3.05, 3.63) is 24.5 Å². The topological polar surface area (TPSA) is 175 Å². The third kappa shape index (κ3) is 11.2. The van der Waals surface area contributed by atoms with Crippen molar-refractivity contribution >= 4 is 51.2 Å². The second-order valence-corrected chi connectivity index (χ2v) is 23.0. The Morgan fingerprint density at radius 3 is 2.04 bits per heavy atom. The van der Waals surface area contributed by atoms with Gasteiger partial charge in [0.15, 0.2) is 31.5 Å². The molecule has 0 amide bonds. The lowest BCUT2D eigenvalue weighted by atomic mass is 9.98. The van der Waals surface area contributed by atoms with Crippen LogP contribution in [-0.2, 0) is 46.6 Å². The van der Waals surface area contributed by atoms with Gasteiger partial charge in [0.1, 0.15) is 18.5 Å². The van der Waals surface area contributed by atoms with Crippen LogP contribution in [0.4, 0.5) is 5.82 Å². The van der Waals surface area contributed by atoms with Gasteiger partial charge in [0.2, 0.25) is 13.6 Å². The molecule has 1 fully saturated rings. The van der Waals surface area contributed by atoms with E-state index in [1.807, 2.05) is 14.1 Å². The summed E-state index contributed by atoms with van der Waals surface area (Å²) in [4.78, 5) is 44.3. The average Bonchev–Trinajstić information content (AvgIpc) is 3.59. The minimum Gasteiger partial charge on any atom is -0.438 e. The summed E-state index contributed by atoms with van der Waals surface area (Å²) in [6.45, 7) is 19.5. The number of hydrogen-bond donors (Lipinski definition) is 0. The zero-order valence-electron chi connectivity index (χ0n) is 33.0. The molecule has 0 aromatic carbocycles. The lowest BCUT2D eigenvalue weighted by Gasteiger charge is -2.40. The van der Waals surface area contributed by atoms with E-state index < -0.39 is 76.8 Å². The number of methoxy groups -OCH3 is 1. The summed E-state index contributed by atoms with van der Waals surface area (Å²) in [6, 6.07) is 0. The van der Waals surface area contributed by atoms with Crippen LogP contribution >= 0.6 is 7.60 Å². The molecule has 0 aliphatic carbocycles. The van der Waals surface area contributed by atoms with E-state index in [2.05, 4.69) is 53.8 Å². The molecule has 16 nitrogen and oxygen atoms in total. The maximum Gasteiger partial charge on any atom is 0.359 e. The minimum absolute atomic E-state index is 0.135. The predicted molar refractivity (Wildman–Crippen MR) is 198 cm³/mol. The highest BCUT2D eigenvalue weighted by molar-refractivity contribution is 7.57. The summed E-state index contributed by atoms with van der Waals surface area (Å²) in [5.41, 5.74) is -0.643. The number of carbonyl (C=O) groups is 2. The molecule has 1 aliphatic rings. The molecule has 0 spiro atoms. The van der Waals surface area contributed by atoms with Crippen molar-refractivity contribution < 1.29 is 46.6 Å². The molecule has 2 aromatic rings. The molecule has 0 N–H and O–H groups in total. The molecule has 1 aliphatic heterocycles. The van der Waals surface area contributed by atoms with Crippen LogP contribution in [0, 0.1) is 10.8 Å². The normalized spacial score (nSPS) is 20.7. The van der Waals surface area contributed by atoms with Gasteiger partial charge in [0, 0.05) is 27.0 Å². The summed E-state index contributed by atoms with van der Waals surface area (Å²) >= 11 is 0. The Morgan fingerprint density at radius 2 is 1.54 bits per heavy atom. The molecule has 0 radical (unpaired) electrons. The number of rotatable bonds is 15. The fraction of sp³-hybridized carbons (Fsp3) is 0.706. The lowest BCUT2D eigenvalue weighted by Crippen LogP contribution is -2.49. The maximum atomic E-state index is 13.9. The number of hydrogen-bond acceptors (Lipinski definition) is 14. The van der Waals surface area contributed by atoms with Crippen LogP contribution in [0.1, 0.15) is 75.0 Å². The largest absolute Gasteiger partial charge is 0.438 e. The Morgan fingerprint density at radius 1 is 0.962 bits per heavy atom. The summed E-state index contributed by atoms with van der Waals surface area (Å²) in [6.07, 6.45) is 3.96. The van der Waals surface area contributed by atoms with Crippen molar-refractivity contribution in [2.75, 3.05) is 34.8 Å². The van der Waals surface area contributed by atoms with E-state index in [-0.39, 0.29) is 11.5 Å². The van der Waals surface area contributed by atoms with E-state index in [1.54, 1.807) is 76.9 Å². The predicted octanol–water partition coefficient (Wildman–Crippen LogP) is 6.57. The number of ether oxygens (including phenoxy) is 4. The van der Waals surface area contributed by atoms with Crippen LogP contribution in [0.3, 0.4) is 0 Å². The van der Waals surface area contributed by atoms with Gasteiger partial charge < -0.3 is 28.3 Å². The summed E-state index contributed by atoms with van der Waals surface area (Å²) in [7, 11) is -1.21. The van der Waals surface area contributed by atoms with Crippen LogP contribution in [0.2, 0.25) is 18.1 Å². The standard InChI is InChI=1S/C34H57N6O10PSi/c1-32(2,3)30(41)45-21-47-51(43,48-22-46-31(42)33(4,5)6)17-15-16-23-25(50-52(13,14)34(7,8)9)26(44-12)29(49-23)40-20-37-24-27(38-19-39(10)11)35-18-36-28(24)40/h15,17-20,23,25-26,29H,16,21-22H2,1-14H3/b17-15+,38-19?/t23-,25+,26+,29-/m1/s1. The van der Waals surface area contributed by atoms with Crippen molar-refractivity contribution in [1.29, 1.82) is 0 Å². The monoisotopic (exact) mass is 768 g/mol. The first-order valence-corrected chi connectivity index (χ1v) is 21.6. The van der Waals surface area contributed by atoms with Crippen LogP contribution < -0.4 is 0 Å². The Labute approximate surface area is 308 Å². The molecule has 292 valence electrons. The smallest absolute Gasteiger partial charge is 0.359 e. The number of aromatic nitrogens is 4. The Kier molecular flexibility index (Phi) is 14.1. The number of imidazole rings is 1. The summed E-state index contributed by atoms with van der Waals surface area (Å²) in [5, 5.41) is -0.135. The van der Waals surface area contributed by atoms with Crippen LogP contribution in [0.25, 0.3) is 11.2 Å². The van der Waals surface area contributed by atoms with E-state index in [4.69, 9.17) is 32.4 Å². The Balaban J connectivity index is 1.95. The van der Waals surface area contributed by atoms with E-state index in [0.717, 1.165) is 0 Å². The van der Waals surface area contributed by atoms with Crippen molar-refractivity contribution in [1.82, 2.24) is 24.4 Å². The molecule has 52 heavy (non-hydrogen) atoms. The van der Waals surface area contributed by atoms with Crippen molar-refractivity contribution in [3.8, 4) is 0 Å². The molecule has 2 aromatic heterocycles. The van der Waals surface area contributed by atoms with Gasteiger partial charge in [-0.3, -0.25) is 27.8 Å². The number of aliphatic imine (C=N–C) groups is 1. The second-order valence-electron chi connectivity index (χ2n) is 16.4. The fourth-order valence-electron chi connectivity index (χ4n) is 4.51. The van der Waals surface area contributed by atoms with Gasteiger partial charge in [0.05, 0.1) is 29.6 Å². The Hall–Kier alpha value is -3.05. The first kappa shape index (κ1) is 43.4. The van der Waals surface area contributed by atoms with E-state index in [0.29, 0.717) is 17.0 Å². The van der Waals surface area contributed by atoms with Gasteiger partial charge in [-0.05, 0) is 66.1 Å². The summed E-state index contributed by atoms with van der Waals surface area (Å²) < 4.78 is 56.7. The van der Waals surface area contributed by atoms with E-state index in [9.17, 15) is 14.2 Å². The van der Waals surface area contributed by atoms with Gasteiger partial charge in [-0.1, -0.05) is 26.8 Å². The van der Waals surface area contributed by atoms with Crippen LogP contribution in [0.5, 0.6) is 0 Å². The zero-order valence-corrected chi connectivity index (χ0v) is 34.9. The molecular weight excluding hydrogens is 711 g/mol. The third-order valence-corrected chi connectivity index (χ3v) is 14.5. The lowest BCUT2D eigenvalue weighted by molar-refractivity contribution is -0.161. The van der Waals surface area contributed by atoms with Gasteiger partial charge >= 0.3 is 19.5 Å². The molecule has 0 saturated carbocycles. The van der Waals surface area contributed by atoms with Crippen LogP contribution in [-0.4, -0.2) is 104 Å². The molecular formula is C34H57N6O10PSi. The molecule has 18 heteroatoms. The van der Waals surface area contributed by atoms with Crippen molar-refractivity contribution in [2.45, 2.75) is 111 Å². The van der Waals surface area contributed by atoms with E-state index >= 15 is 0 Å². The molecule has 3 rings (SSSR count). The first-order chi connectivity index (χ1) is 23.9. The molecule has 0 unspecified atom stereocenters. The van der Waals surface area contributed by atoms with Gasteiger partial charge in [-0.15, -0.1) is 0 Å². The number of fused-ring (bicyclic) bond motifs is 1. The van der Waals surface area contributed by atoms with Gasteiger partial charge in [0.25, 0.3) is 0 Å². The average molecular weight is 769 g/mol. The zero-order chi connectivity index (χ0) is 39.3. The highest BCUT2D eigenvalue weighted by Gasteiger charge is 2.51. The quantitative estimate of drug-likeness (QED) is 0.0475. The molecule has 0 bridgehead atoms. The summed E-state index contributed by atoms with van der Waals surface area (Å²) in [5.74, 6) is 0.519. The van der Waals surface area contributed by atoms with E-state index in [1.165, 1.54) is 12.1 Å². The fourth-order valence-corrected chi connectivity index (χ4v) is 6.86. The molecule has 1 saturated heterocycles. The third-order valence-electron chi connectivity index (χ3n) is 8.55. The van der Waals surface area contributed by atoms with Crippen molar-refractivity contribution in [2.24, 2.45) is 15.8 Å². The highest BCUT2D eigenvalue weighted by Crippen LogP contribution is 2.51. The highest BCUT2D eigenvalue weighted by atomic mass is 31.2. The van der Waals surface area contributed by atoms with Crippen LogP contribution in [0.15, 0.2) is 29.5 Å². The molecule has 4 atom stereocenters. The number of nitrogens with zero attached hydrogens (tertiary/aromatic N) is 6. The van der Waals surface area contributed by atoms with Gasteiger partial charge in [-0.2, -0.15) is 0 Å². The molecule has 3 heterocycles. The first-order valence-electron chi connectivity index (χ1n) is 17.1. The maximum absolute atomic E-state index is 13.9.